The number of hydrogen-bond donors (Lipinski definition) is 2. The molecule has 2 heterocycles. The number of methoxy groups -OCH3 is 1. The topological polar surface area (TPSA) is 88.9 Å². The van der Waals surface area contributed by atoms with E-state index in [9.17, 15) is 9.59 Å². The molecule has 0 aliphatic carbocycles. The summed E-state index contributed by atoms with van der Waals surface area (Å²) in [6.45, 7) is 3.58. The number of hydrogen-bond acceptors (Lipinski definition) is 6. The maximum absolute atomic E-state index is 11.7. The van der Waals surface area contributed by atoms with Crippen LogP contribution in [0, 0.1) is 0 Å². The van der Waals surface area contributed by atoms with Gasteiger partial charge in [0.2, 0.25) is 5.95 Å². The van der Waals surface area contributed by atoms with Crippen LogP contribution < -0.4 is 15.1 Å². The van der Waals surface area contributed by atoms with E-state index in [1.807, 2.05) is 0 Å². The fraction of sp³-hybridized carbons (Fsp3) is 0.538. The number of rotatable bonds is 5. The molecule has 8 nitrogen and oxygen atoms in total. The average molecular weight is 294 g/mol. The van der Waals surface area contributed by atoms with Crippen molar-refractivity contribution >= 4 is 17.8 Å². The fourth-order valence-corrected chi connectivity index (χ4v) is 2.19. The van der Waals surface area contributed by atoms with E-state index in [-0.39, 0.29) is 12.5 Å². The van der Waals surface area contributed by atoms with Crippen LogP contribution >= 0.6 is 0 Å². The monoisotopic (exact) mass is 294 g/mol. The molecule has 0 saturated carbocycles. The first-order chi connectivity index (χ1) is 10.2. The highest BCUT2D eigenvalue weighted by molar-refractivity contribution is 5.82. The third kappa shape index (κ3) is 4.67. The van der Waals surface area contributed by atoms with E-state index in [0.29, 0.717) is 6.54 Å². The van der Waals surface area contributed by atoms with Gasteiger partial charge in [0.1, 0.15) is 6.54 Å². The first kappa shape index (κ1) is 15.2. The van der Waals surface area contributed by atoms with Crippen molar-refractivity contribution in [1.29, 1.82) is 0 Å². The van der Waals surface area contributed by atoms with Gasteiger partial charge in [-0.2, -0.15) is 0 Å². The second kappa shape index (κ2) is 7.53. The zero-order chi connectivity index (χ0) is 15.1. The van der Waals surface area contributed by atoms with Gasteiger partial charge >= 0.3 is 5.97 Å². The average Bonchev–Trinajstić information content (AvgIpc) is 2.54. The highest BCUT2D eigenvalue weighted by atomic mass is 16.5. The zero-order valence-corrected chi connectivity index (χ0v) is 12.0. The van der Waals surface area contributed by atoms with E-state index >= 15 is 0 Å². The lowest BCUT2D eigenvalue weighted by Gasteiger charge is -2.31. The number of anilines is 1. The molecule has 0 spiro atoms. The molecule has 0 unspecified atom stereocenters. The van der Waals surface area contributed by atoms with E-state index in [0.717, 1.165) is 32.1 Å². The normalized spacial score (nSPS) is 15.6. The summed E-state index contributed by atoms with van der Waals surface area (Å²) in [6.07, 6.45) is 3.45. The van der Waals surface area contributed by atoms with Gasteiger partial charge in [-0.3, -0.25) is 9.59 Å². The molecule has 2 rings (SSSR count). The Morgan fingerprint density at radius 1 is 1.33 bits per heavy atom. The summed E-state index contributed by atoms with van der Waals surface area (Å²) in [7, 11) is 1.30. The van der Waals surface area contributed by atoms with Gasteiger partial charge in [0.15, 0.2) is 6.54 Å². The lowest BCUT2D eigenvalue weighted by molar-refractivity contribution is -0.892. The minimum Gasteiger partial charge on any atom is -0.468 e. The van der Waals surface area contributed by atoms with Crippen LogP contribution in [0.2, 0.25) is 0 Å². The Kier molecular flexibility index (Phi) is 5.44. The van der Waals surface area contributed by atoms with Gasteiger partial charge in [-0.25, -0.2) is 9.97 Å². The second-order valence-electron chi connectivity index (χ2n) is 4.82. The first-order valence-corrected chi connectivity index (χ1v) is 6.88. The summed E-state index contributed by atoms with van der Waals surface area (Å²) in [5.41, 5.74) is 0. The van der Waals surface area contributed by atoms with Gasteiger partial charge in [0.25, 0.3) is 5.91 Å². The Balaban J connectivity index is 1.72. The number of piperazine rings is 1. The molecule has 1 saturated heterocycles. The number of aromatic nitrogens is 2. The number of quaternary nitrogens is 1. The van der Waals surface area contributed by atoms with Crippen molar-refractivity contribution in [2.75, 3.05) is 51.3 Å². The van der Waals surface area contributed by atoms with Crippen molar-refractivity contribution in [2.45, 2.75) is 0 Å². The van der Waals surface area contributed by atoms with Crippen molar-refractivity contribution in [2.24, 2.45) is 0 Å². The zero-order valence-electron chi connectivity index (χ0n) is 12.0. The van der Waals surface area contributed by atoms with E-state index in [1.165, 1.54) is 12.0 Å². The molecule has 1 fully saturated rings. The maximum Gasteiger partial charge on any atom is 0.325 e. The summed E-state index contributed by atoms with van der Waals surface area (Å²) in [5, 5.41) is 2.55. The Morgan fingerprint density at radius 2 is 2.00 bits per heavy atom. The van der Waals surface area contributed by atoms with Gasteiger partial charge < -0.3 is 19.9 Å². The molecule has 1 aromatic rings. The van der Waals surface area contributed by atoms with Gasteiger partial charge in [-0.05, 0) is 6.07 Å². The SMILES string of the molecule is COC(=O)CNC(=O)C[NH+]1CCN(c2ncccn2)CC1. The molecule has 114 valence electrons. The molecule has 2 N–H and O–H groups in total. The minimum absolute atomic E-state index is 0.0768. The van der Waals surface area contributed by atoms with Crippen LogP contribution in [0.1, 0.15) is 0 Å². The van der Waals surface area contributed by atoms with Crippen molar-refractivity contribution in [3.05, 3.63) is 18.5 Å². The van der Waals surface area contributed by atoms with E-state index < -0.39 is 5.97 Å². The van der Waals surface area contributed by atoms with Crippen LogP contribution in [-0.4, -0.2) is 68.2 Å². The molecule has 21 heavy (non-hydrogen) atoms. The Hall–Kier alpha value is -2.22. The summed E-state index contributed by atoms with van der Waals surface area (Å²) in [6, 6.07) is 1.79. The quantitative estimate of drug-likeness (QED) is 0.582. The second-order valence-corrected chi connectivity index (χ2v) is 4.82. The summed E-state index contributed by atoms with van der Waals surface area (Å²) < 4.78 is 4.47. The third-order valence-electron chi connectivity index (χ3n) is 3.37. The molecule has 8 heteroatoms. The van der Waals surface area contributed by atoms with Gasteiger partial charge in [0, 0.05) is 12.4 Å². The Morgan fingerprint density at radius 3 is 2.62 bits per heavy atom. The lowest BCUT2D eigenvalue weighted by atomic mass is 10.3. The summed E-state index contributed by atoms with van der Waals surface area (Å²) in [5.74, 6) is 0.149. The molecule has 0 bridgehead atoms. The first-order valence-electron chi connectivity index (χ1n) is 6.88. The molecule has 1 aliphatic heterocycles. The minimum atomic E-state index is -0.440. The highest BCUT2D eigenvalue weighted by Crippen LogP contribution is 2.03. The smallest absolute Gasteiger partial charge is 0.325 e. The maximum atomic E-state index is 11.7. The van der Waals surface area contributed by atoms with Gasteiger partial charge in [-0.1, -0.05) is 0 Å². The van der Waals surface area contributed by atoms with Crippen molar-refractivity contribution in [3.8, 4) is 0 Å². The van der Waals surface area contributed by atoms with Crippen LogP contribution in [0.5, 0.6) is 0 Å². The number of esters is 1. The van der Waals surface area contributed by atoms with Crippen LogP contribution in [0.3, 0.4) is 0 Å². The molecule has 0 aromatic carbocycles. The van der Waals surface area contributed by atoms with E-state index in [2.05, 4.69) is 24.9 Å². The van der Waals surface area contributed by atoms with Crippen molar-refractivity contribution in [1.82, 2.24) is 15.3 Å². The van der Waals surface area contributed by atoms with E-state index in [4.69, 9.17) is 0 Å². The van der Waals surface area contributed by atoms with Crippen molar-refractivity contribution in [3.63, 3.8) is 0 Å². The van der Waals surface area contributed by atoms with E-state index in [1.54, 1.807) is 18.5 Å². The molecule has 1 amide bonds. The number of carbonyl (C=O) groups is 2. The number of ether oxygens (including phenoxy) is 1. The lowest BCUT2D eigenvalue weighted by Crippen LogP contribution is -3.16. The Labute approximate surface area is 123 Å². The third-order valence-corrected chi connectivity index (χ3v) is 3.37. The summed E-state index contributed by atoms with van der Waals surface area (Å²) in [4.78, 5) is 34.4. The molecule has 1 aromatic heterocycles. The molecule has 0 radical (unpaired) electrons. The van der Waals surface area contributed by atoms with Crippen LogP contribution in [0.25, 0.3) is 0 Å². The number of amides is 1. The van der Waals surface area contributed by atoms with Crippen LogP contribution in [0.4, 0.5) is 5.95 Å². The molecular weight excluding hydrogens is 274 g/mol. The molecule has 1 aliphatic rings. The number of carbonyl (C=O) groups excluding carboxylic acids is 2. The fourth-order valence-electron chi connectivity index (χ4n) is 2.19. The predicted molar refractivity (Wildman–Crippen MR) is 74.8 cm³/mol. The number of nitrogens with zero attached hydrogens (tertiary/aromatic N) is 3. The Bertz CT molecular complexity index is 474. The number of nitrogens with one attached hydrogen (secondary N) is 2. The van der Waals surface area contributed by atoms with Gasteiger partial charge in [0.05, 0.1) is 33.3 Å². The largest absolute Gasteiger partial charge is 0.468 e. The van der Waals surface area contributed by atoms with Gasteiger partial charge in [-0.15, -0.1) is 0 Å². The highest BCUT2D eigenvalue weighted by Gasteiger charge is 2.23. The standard InChI is InChI=1S/C13H19N5O3/c1-21-12(20)9-16-11(19)10-17-5-7-18(8-6-17)13-14-3-2-4-15-13/h2-4H,5-10H2,1H3,(H,16,19)/p+1. The molecule has 0 atom stereocenters. The van der Waals surface area contributed by atoms with Crippen LogP contribution in [0.15, 0.2) is 18.5 Å². The molecular formula is C13H20N5O3+. The predicted octanol–water partition coefficient (Wildman–Crippen LogP) is -2.53. The van der Waals surface area contributed by atoms with Crippen LogP contribution in [-0.2, 0) is 14.3 Å². The van der Waals surface area contributed by atoms with Crippen molar-refractivity contribution < 1.29 is 19.2 Å². The summed E-state index contributed by atoms with van der Waals surface area (Å²) >= 11 is 0.